The molecule has 126 valence electrons. The van der Waals surface area contributed by atoms with E-state index in [1.165, 1.54) is 18.5 Å². The maximum absolute atomic E-state index is 13.3. The highest BCUT2D eigenvalue weighted by atomic mass is 19.2. The molecule has 0 aliphatic carbocycles. The first kappa shape index (κ1) is 16.4. The second-order valence-electron chi connectivity index (χ2n) is 6.19. The third kappa shape index (κ3) is 3.69. The molecule has 0 atom stereocenters. The Bertz CT molecular complexity index is 743. The SMILES string of the molecule is CC1CCN(C(=O)c2cncc(Nc3ccc(F)c(F)c3)c2)CC1. The van der Waals surface area contributed by atoms with Gasteiger partial charge in [0.25, 0.3) is 5.91 Å². The van der Waals surface area contributed by atoms with Gasteiger partial charge in [0.15, 0.2) is 11.6 Å². The van der Waals surface area contributed by atoms with Gasteiger partial charge in [-0.05, 0) is 37.0 Å². The molecular formula is C18H19F2N3O. The van der Waals surface area contributed by atoms with Crippen LogP contribution in [-0.2, 0) is 0 Å². The highest BCUT2D eigenvalue weighted by molar-refractivity contribution is 5.95. The largest absolute Gasteiger partial charge is 0.354 e. The molecular weight excluding hydrogens is 312 g/mol. The molecule has 1 aliphatic rings. The van der Waals surface area contributed by atoms with Gasteiger partial charge in [-0.2, -0.15) is 0 Å². The molecule has 1 aromatic carbocycles. The summed E-state index contributed by atoms with van der Waals surface area (Å²) in [6.45, 7) is 3.69. The lowest BCUT2D eigenvalue weighted by atomic mass is 9.99. The van der Waals surface area contributed by atoms with Gasteiger partial charge in [0.1, 0.15) is 0 Å². The number of halogens is 2. The molecule has 2 heterocycles. The molecule has 3 rings (SSSR count). The van der Waals surface area contributed by atoms with E-state index in [1.807, 2.05) is 4.90 Å². The van der Waals surface area contributed by atoms with E-state index < -0.39 is 11.6 Å². The number of piperidine rings is 1. The molecule has 1 fully saturated rings. The standard InChI is InChI=1S/C18H19F2N3O/c1-12-4-6-23(7-5-12)18(24)13-8-15(11-21-10-13)22-14-2-3-16(19)17(20)9-14/h2-3,8-12,22H,4-7H2,1H3. The van der Waals surface area contributed by atoms with Crippen molar-refractivity contribution in [3.05, 3.63) is 53.9 Å². The van der Waals surface area contributed by atoms with Crippen LogP contribution in [0, 0.1) is 17.6 Å². The number of anilines is 2. The predicted octanol–water partition coefficient (Wildman–Crippen LogP) is 3.98. The fourth-order valence-electron chi connectivity index (χ4n) is 2.76. The Labute approximate surface area is 139 Å². The van der Waals surface area contributed by atoms with Crippen LogP contribution in [0.2, 0.25) is 0 Å². The van der Waals surface area contributed by atoms with Gasteiger partial charge in [0.2, 0.25) is 0 Å². The molecule has 2 aromatic rings. The van der Waals surface area contributed by atoms with Crippen molar-refractivity contribution >= 4 is 17.3 Å². The average Bonchev–Trinajstić information content (AvgIpc) is 2.58. The quantitative estimate of drug-likeness (QED) is 0.925. The highest BCUT2D eigenvalue weighted by Gasteiger charge is 2.21. The van der Waals surface area contributed by atoms with Gasteiger partial charge in [-0.25, -0.2) is 8.78 Å². The van der Waals surface area contributed by atoms with Crippen LogP contribution < -0.4 is 5.32 Å². The van der Waals surface area contributed by atoms with Crippen LogP contribution >= 0.6 is 0 Å². The highest BCUT2D eigenvalue weighted by Crippen LogP contribution is 2.21. The van der Waals surface area contributed by atoms with Gasteiger partial charge in [-0.3, -0.25) is 9.78 Å². The maximum Gasteiger partial charge on any atom is 0.255 e. The van der Waals surface area contributed by atoms with Crippen LogP contribution in [0.4, 0.5) is 20.2 Å². The summed E-state index contributed by atoms with van der Waals surface area (Å²) in [5.74, 6) is -1.23. The molecule has 0 unspecified atom stereocenters. The van der Waals surface area contributed by atoms with Crippen LogP contribution in [0.5, 0.6) is 0 Å². The third-order valence-electron chi connectivity index (χ3n) is 4.26. The molecule has 4 nitrogen and oxygen atoms in total. The maximum atomic E-state index is 13.3. The molecule has 6 heteroatoms. The van der Waals surface area contributed by atoms with E-state index in [4.69, 9.17) is 0 Å². The van der Waals surface area contributed by atoms with Crippen molar-refractivity contribution < 1.29 is 13.6 Å². The van der Waals surface area contributed by atoms with Crippen LogP contribution in [0.1, 0.15) is 30.1 Å². The van der Waals surface area contributed by atoms with Crippen molar-refractivity contribution in [1.29, 1.82) is 0 Å². The Hall–Kier alpha value is -2.50. The number of nitrogens with one attached hydrogen (secondary N) is 1. The molecule has 0 bridgehead atoms. The fraction of sp³-hybridized carbons (Fsp3) is 0.333. The van der Waals surface area contributed by atoms with Crippen molar-refractivity contribution in [1.82, 2.24) is 9.88 Å². The Morgan fingerprint density at radius 3 is 2.58 bits per heavy atom. The smallest absolute Gasteiger partial charge is 0.255 e. The van der Waals surface area contributed by atoms with Gasteiger partial charge in [-0.15, -0.1) is 0 Å². The molecule has 1 N–H and O–H groups in total. The van der Waals surface area contributed by atoms with E-state index in [-0.39, 0.29) is 5.91 Å². The number of hydrogen-bond acceptors (Lipinski definition) is 3. The monoisotopic (exact) mass is 331 g/mol. The molecule has 0 radical (unpaired) electrons. The summed E-state index contributed by atoms with van der Waals surface area (Å²) in [4.78, 5) is 18.5. The van der Waals surface area contributed by atoms with Gasteiger partial charge in [0.05, 0.1) is 17.4 Å². The molecule has 1 amide bonds. The number of likely N-dealkylation sites (tertiary alicyclic amines) is 1. The Kier molecular flexibility index (Phi) is 4.74. The van der Waals surface area contributed by atoms with Crippen molar-refractivity contribution in [3.8, 4) is 0 Å². The average molecular weight is 331 g/mol. The minimum Gasteiger partial charge on any atom is -0.354 e. The number of rotatable bonds is 3. The fourth-order valence-corrected chi connectivity index (χ4v) is 2.76. The van der Waals surface area contributed by atoms with Crippen LogP contribution in [0.15, 0.2) is 36.7 Å². The number of amides is 1. The number of hydrogen-bond donors (Lipinski definition) is 1. The normalized spacial score (nSPS) is 15.4. The van der Waals surface area contributed by atoms with Crippen LogP contribution in [0.25, 0.3) is 0 Å². The summed E-state index contributed by atoms with van der Waals surface area (Å²) in [5.41, 5.74) is 1.43. The molecule has 0 spiro atoms. The number of benzene rings is 1. The Morgan fingerprint density at radius 1 is 1.12 bits per heavy atom. The first-order valence-electron chi connectivity index (χ1n) is 7.99. The first-order chi connectivity index (χ1) is 11.5. The van der Waals surface area contributed by atoms with E-state index in [9.17, 15) is 13.6 Å². The number of pyridine rings is 1. The van der Waals surface area contributed by atoms with Gasteiger partial charge in [-0.1, -0.05) is 6.92 Å². The summed E-state index contributed by atoms with van der Waals surface area (Å²) in [5, 5.41) is 2.94. The van der Waals surface area contributed by atoms with Crippen molar-refractivity contribution in [2.45, 2.75) is 19.8 Å². The summed E-state index contributed by atoms with van der Waals surface area (Å²) in [6, 6.07) is 5.22. The van der Waals surface area contributed by atoms with Gasteiger partial charge >= 0.3 is 0 Å². The number of aromatic nitrogens is 1. The van der Waals surface area contributed by atoms with Crippen molar-refractivity contribution in [3.63, 3.8) is 0 Å². The molecule has 1 saturated heterocycles. The van der Waals surface area contributed by atoms with E-state index in [0.29, 0.717) is 22.9 Å². The lowest BCUT2D eigenvalue weighted by Gasteiger charge is -2.30. The molecule has 0 saturated carbocycles. The molecule has 1 aliphatic heterocycles. The minimum atomic E-state index is -0.928. The summed E-state index contributed by atoms with van der Waals surface area (Å²) >= 11 is 0. The van der Waals surface area contributed by atoms with Crippen LogP contribution in [0.3, 0.4) is 0 Å². The summed E-state index contributed by atoms with van der Waals surface area (Å²) in [6.07, 6.45) is 5.07. The zero-order valence-electron chi connectivity index (χ0n) is 13.4. The summed E-state index contributed by atoms with van der Waals surface area (Å²) in [7, 11) is 0. The van der Waals surface area contributed by atoms with Crippen LogP contribution in [-0.4, -0.2) is 28.9 Å². The van der Waals surface area contributed by atoms with Gasteiger partial charge in [0, 0.05) is 31.0 Å². The molecule has 24 heavy (non-hydrogen) atoms. The van der Waals surface area contributed by atoms with E-state index >= 15 is 0 Å². The minimum absolute atomic E-state index is 0.0525. The first-order valence-corrected chi connectivity index (χ1v) is 7.99. The van der Waals surface area contributed by atoms with E-state index in [2.05, 4.69) is 17.2 Å². The van der Waals surface area contributed by atoms with Crippen molar-refractivity contribution in [2.75, 3.05) is 18.4 Å². The topological polar surface area (TPSA) is 45.2 Å². The van der Waals surface area contributed by atoms with E-state index in [1.54, 1.807) is 6.07 Å². The van der Waals surface area contributed by atoms with Gasteiger partial charge < -0.3 is 10.2 Å². The zero-order chi connectivity index (χ0) is 17.1. The third-order valence-corrected chi connectivity index (χ3v) is 4.26. The number of nitrogens with zero attached hydrogens (tertiary/aromatic N) is 2. The number of carbonyl (C=O) groups excluding carboxylic acids is 1. The zero-order valence-corrected chi connectivity index (χ0v) is 13.4. The second-order valence-corrected chi connectivity index (χ2v) is 6.19. The molecule has 1 aromatic heterocycles. The number of carbonyl (C=O) groups is 1. The Balaban J connectivity index is 1.73. The van der Waals surface area contributed by atoms with Crippen molar-refractivity contribution in [2.24, 2.45) is 5.92 Å². The second kappa shape index (κ2) is 6.95. The summed E-state index contributed by atoms with van der Waals surface area (Å²) < 4.78 is 26.2. The lowest BCUT2D eigenvalue weighted by molar-refractivity contribution is 0.0697. The van der Waals surface area contributed by atoms with E-state index in [0.717, 1.165) is 38.1 Å². The Morgan fingerprint density at radius 2 is 1.88 bits per heavy atom. The lowest BCUT2D eigenvalue weighted by Crippen LogP contribution is -2.37. The predicted molar refractivity (Wildman–Crippen MR) is 88.2 cm³/mol.